The summed E-state index contributed by atoms with van der Waals surface area (Å²) in [6, 6.07) is 2.29. The second-order valence-electron chi connectivity index (χ2n) is 4.99. The van der Waals surface area contributed by atoms with E-state index in [4.69, 9.17) is 0 Å². The van der Waals surface area contributed by atoms with Gasteiger partial charge in [0.25, 0.3) is 5.56 Å². The first-order chi connectivity index (χ1) is 8.68. The Morgan fingerprint density at radius 3 is 3.11 bits per heavy atom. The van der Waals surface area contributed by atoms with Gasteiger partial charge < -0.3 is 14.9 Å². The van der Waals surface area contributed by atoms with E-state index in [2.05, 4.69) is 37.7 Å². The molecule has 2 atom stereocenters. The maximum atomic E-state index is 12.0. The summed E-state index contributed by atoms with van der Waals surface area (Å²) in [4.78, 5) is 14.8. The molecule has 0 spiro atoms. The van der Waals surface area contributed by atoms with E-state index in [0.29, 0.717) is 12.0 Å². The van der Waals surface area contributed by atoms with Crippen LogP contribution in [-0.4, -0.2) is 22.6 Å². The number of rotatable bonds is 1. The minimum Gasteiger partial charge on any atom is -0.337 e. The van der Waals surface area contributed by atoms with Crippen molar-refractivity contribution in [2.24, 2.45) is 5.92 Å². The van der Waals surface area contributed by atoms with Crippen LogP contribution in [-0.2, 0) is 0 Å². The van der Waals surface area contributed by atoms with Crippen molar-refractivity contribution >= 4 is 26.8 Å². The molecule has 0 aliphatic carbocycles. The van der Waals surface area contributed by atoms with E-state index in [1.807, 2.05) is 12.3 Å². The summed E-state index contributed by atoms with van der Waals surface area (Å²) in [7, 11) is 0. The number of halogens is 1. The van der Waals surface area contributed by atoms with Crippen molar-refractivity contribution in [2.45, 2.75) is 19.4 Å². The zero-order valence-electron chi connectivity index (χ0n) is 10.2. The molecular formula is C13H16BrN3O. The van der Waals surface area contributed by atoms with Crippen molar-refractivity contribution < 1.29 is 0 Å². The largest absolute Gasteiger partial charge is 0.337 e. The third-order valence-corrected chi connectivity index (χ3v) is 4.48. The molecule has 2 N–H and O–H groups in total. The Bertz CT molecular complexity index is 631. The first kappa shape index (κ1) is 12.0. The van der Waals surface area contributed by atoms with Gasteiger partial charge in [0.05, 0.1) is 0 Å². The molecule has 0 aromatic carbocycles. The van der Waals surface area contributed by atoms with Crippen LogP contribution in [0.3, 0.4) is 0 Å². The van der Waals surface area contributed by atoms with Crippen LogP contribution in [0.2, 0.25) is 0 Å². The van der Waals surface area contributed by atoms with Crippen molar-refractivity contribution in [3.63, 3.8) is 0 Å². The fourth-order valence-electron chi connectivity index (χ4n) is 2.78. The zero-order chi connectivity index (χ0) is 12.7. The molecule has 0 bridgehead atoms. The number of fused-ring (bicyclic) bond motifs is 1. The van der Waals surface area contributed by atoms with Crippen molar-refractivity contribution in [1.29, 1.82) is 0 Å². The van der Waals surface area contributed by atoms with Gasteiger partial charge in [0.1, 0.15) is 5.52 Å². The van der Waals surface area contributed by atoms with Crippen LogP contribution >= 0.6 is 15.9 Å². The fraction of sp³-hybridized carbons (Fsp3) is 0.462. The van der Waals surface area contributed by atoms with Gasteiger partial charge in [-0.15, -0.1) is 0 Å². The number of nitrogens with zero attached hydrogens (tertiary/aromatic N) is 1. The SMILES string of the molecule is CC1CCNCC1n1cc(Br)c2cc[nH]c(=O)c21. The number of pyridine rings is 1. The highest BCUT2D eigenvalue weighted by Gasteiger charge is 2.25. The Hall–Kier alpha value is -1.07. The molecule has 1 aliphatic heterocycles. The lowest BCUT2D eigenvalue weighted by atomic mass is 9.94. The van der Waals surface area contributed by atoms with Crippen molar-refractivity contribution in [2.75, 3.05) is 13.1 Å². The maximum absolute atomic E-state index is 12.0. The summed E-state index contributed by atoms with van der Waals surface area (Å²) in [6.45, 7) is 4.24. The van der Waals surface area contributed by atoms with E-state index in [9.17, 15) is 4.79 Å². The topological polar surface area (TPSA) is 49.8 Å². The van der Waals surface area contributed by atoms with Crippen LogP contribution in [0.4, 0.5) is 0 Å². The number of nitrogens with one attached hydrogen (secondary N) is 2. The summed E-state index contributed by atoms with van der Waals surface area (Å²) in [5, 5.41) is 4.39. The van der Waals surface area contributed by atoms with Gasteiger partial charge in [0, 0.05) is 34.8 Å². The average molecular weight is 310 g/mol. The quantitative estimate of drug-likeness (QED) is 0.849. The van der Waals surface area contributed by atoms with Gasteiger partial charge in [-0.05, 0) is 40.9 Å². The Balaban J connectivity index is 2.20. The normalized spacial score (nSPS) is 24.6. The highest BCUT2D eigenvalue weighted by Crippen LogP contribution is 2.31. The lowest BCUT2D eigenvalue weighted by Crippen LogP contribution is -2.37. The van der Waals surface area contributed by atoms with Crippen molar-refractivity contribution in [3.8, 4) is 0 Å². The van der Waals surface area contributed by atoms with E-state index in [1.165, 1.54) is 0 Å². The maximum Gasteiger partial charge on any atom is 0.272 e. The average Bonchev–Trinajstić information content (AvgIpc) is 2.69. The summed E-state index contributed by atoms with van der Waals surface area (Å²) >= 11 is 3.54. The Morgan fingerprint density at radius 2 is 2.33 bits per heavy atom. The highest BCUT2D eigenvalue weighted by molar-refractivity contribution is 9.10. The lowest BCUT2D eigenvalue weighted by molar-refractivity contribution is 0.279. The number of hydrogen-bond donors (Lipinski definition) is 2. The number of aromatic amines is 1. The van der Waals surface area contributed by atoms with E-state index >= 15 is 0 Å². The first-order valence-electron chi connectivity index (χ1n) is 6.27. The van der Waals surface area contributed by atoms with E-state index in [-0.39, 0.29) is 5.56 Å². The standard InChI is InChI=1S/C13H16BrN3O/c1-8-2-4-15-6-11(8)17-7-10(14)9-3-5-16-13(18)12(9)17/h3,5,7-8,11,15H,2,4,6H2,1H3,(H,16,18). The van der Waals surface area contributed by atoms with Gasteiger partial charge in [0.15, 0.2) is 0 Å². The molecule has 3 rings (SSSR count). The molecule has 4 nitrogen and oxygen atoms in total. The van der Waals surface area contributed by atoms with Gasteiger partial charge in [-0.25, -0.2) is 0 Å². The van der Waals surface area contributed by atoms with Crippen molar-refractivity contribution in [3.05, 3.63) is 33.3 Å². The van der Waals surface area contributed by atoms with Gasteiger partial charge in [0.2, 0.25) is 0 Å². The van der Waals surface area contributed by atoms with Crippen LogP contribution in [0.15, 0.2) is 27.7 Å². The summed E-state index contributed by atoms with van der Waals surface area (Å²) in [6.07, 6.45) is 4.88. The van der Waals surface area contributed by atoms with Gasteiger partial charge in [-0.1, -0.05) is 6.92 Å². The lowest BCUT2D eigenvalue weighted by Gasteiger charge is -2.31. The third-order valence-electron chi connectivity index (χ3n) is 3.85. The molecule has 1 aliphatic rings. The van der Waals surface area contributed by atoms with Crippen LogP contribution in [0.1, 0.15) is 19.4 Å². The Morgan fingerprint density at radius 1 is 1.50 bits per heavy atom. The number of H-pyrrole nitrogens is 1. The second kappa shape index (κ2) is 4.55. The van der Waals surface area contributed by atoms with Gasteiger partial charge >= 0.3 is 0 Å². The summed E-state index contributed by atoms with van der Waals surface area (Å²) in [5.74, 6) is 0.577. The van der Waals surface area contributed by atoms with Crippen molar-refractivity contribution in [1.82, 2.24) is 14.9 Å². The minimum atomic E-state index is -0.0176. The molecule has 5 heteroatoms. The van der Waals surface area contributed by atoms with Crippen LogP contribution in [0.5, 0.6) is 0 Å². The smallest absolute Gasteiger partial charge is 0.272 e. The van der Waals surface area contributed by atoms with E-state index < -0.39 is 0 Å². The summed E-state index contributed by atoms with van der Waals surface area (Å²) < 4.78 is 3.11. The van der Waals surface area contributed by atoms with Crippen LogP contribution in [0, 0.1) is 5.92 Å². The molecule has 2 unspecified atom stereocenters. The summed E-state index contributed by atoms with van der Waals surface area (Å²) in [5.41, 5.74) is 0.751. The number of piperidine rings is 1. The molecule has 0 amide bonds. The second-order valence-corrected chi connectivity index (χ2v) is 5.85. The molecule has 0 radical (unpaired) electrons. The molecule has 96 valence electrons. The zero-order valence-corrected chi connectivity index (χ0v) is 11.8. The molecule has 18 heavy (non-hydrogen) atoms. The van der Waals surface area contributed by atoms with E-state index in [1.54, 1.807) is 6.20 Å². The highest BCUT2D eigenvalue weighted by atomic mass is 79.9. The molecule has 3 heterocycles. The van der Waals surface area contributed by atoms with Gasteiger partial charge in [-0.3, -0.25) is 4.79 Å². The molecule has 1 fully saturated rings. The molecule has 1 saturated heterocycles. The monoisotopic (exact) mass is 309 g/mol. The molecule has 0 saturated carbocycles. The fourth-order valence-corrected chi connectivity index (χ4v) is 3.32. The van der Waals surface area contributed by atoms with Crippen LogP contribution < -0.4 is 10.9 Å². The third kappa shape index (κ3) is 1.82. The van der Waals surface area contributed by atoms with Crippen LogP contribution in [0.25, 0.3) is 10.9 Å². The van der Waals surface area contributed by atoms with E-state index in [0.717, 1.165) is 34.9 Å². The van der Waals surface area contributed by atoms with Gasteiger partial charge in [-0.2, -0.15) is 0 Å². The number of aromatic nitrogens is 2. The Kier molecular flexibility index (Phi) is 3.03. The predicted molar refractivity (Wildman–Crippen MR) is 75.9 cm³/mol. The molecule has 2 aromatic rings. The first-order valence-corrected chi connectivity index (χ1v) is 7.06. The number of hydrogen-bond acceptors (Lipinski definition) is 2. The predicted octanol–water partition coefficient (Wildman–Crippen LogP) is 2.26. The molecular weight excluding hydrogens is 294 g/mol. The molecule has 2 aromatic heterocycles. The Labute approximate surface area is 114 Å². The minimum absolute atomic E-state index is 0.0176.